The van der Waals surface area contributed by atoms with Crippen molar-refractivity contribution < 1.29 is 14.3 Å². The van der Waals surface area contributed by atoms with Gasteiger partial charge in [0.1, 0.15) is 12.0 Å². The number of rotatable bonds is 5. The first-order chi connectivity index (χ1) is 6.83. The molecule has 14 heavy (non-hydrogen) atoms. The fourth-order valence-corrected chi connectivity index (χ4v) is 2.19. The summed E-state index contributed by atoms with van der Waals surface area (Å²) in [5.74, 6) is 0.444. The highest BCUT2D eigenvalue weighted by atomic mass is 32.2. The molecule has 0 amide bonds. The van der Waals surface area contributed by atoms with Crippen LogP contribution >= 0.6 is 11.8 Å². The van der Waals surface area contributed by atoms with Crippen LogP contribution in [0.4, 0.5) is 0 Å². The van der Waals surface area contributed by atoms with E-state index in [1.54, 1.807) is 11.8 Å². The second-order valence-electron chi connectivity index (χ2n) is 3.04. The lowest BCUT2D eigenvalue weighted by molar-refractivity contribution is -0.137. The van der Waals surface area contributed by atoms with Crippen molar-refractivity contribution in [1.82, 2.24) is 0 Å². The van der Waals surface area contributed by atoms with Crippen molar-refractivity contribution in [3.63, 3.8) is 0 Å². The van der Waals surface area contributed by atoms with Crippen molar-refractivity contribution in [2.75, 3.05) is 19.0 Å². The molecular weight excluding hydrogens is 200 g/mol. The summed E-state index contributed by atoms with van der Waals surface area (Å²) in [6, 6.07) is 0. The van der Waals surface area contributed by atoms with Gasteiger partial charge in [0.05, 0.1) is 0 Å². The van der Waals surface area contributed by atoms with E-state index in [0.717, 1.165) is 18.8 Å². The van der Waals surface area contributed by atoms with E-state index in [4.69, 9.17) is 9.47 Å². The lowest BCUT2D eigenvalue weighted by atomic mass is 10.2. The van der Waals surface area contributed by atoms with E-state index in [1.807, 2.05) is 0 Å². The van der Waals surface area contributed by atoms with Crippen molar-refractivity contribution in [3.05, 3.63) is 12.7 Å². The molecule has 80 valence electrons. The number of carbonyl (C=O) groups is 1. The number of carbonyl (C=O) groups excluding carboxylic acids is 1. The molecule has 0 aromatic rings. The molecule has 0 aromatic heterocycles. The molecule has 1 heterocycles. The predicted octanol–water partition coefficient (Wildman–Crippen LogP) is 1.98. The van der Waals surface area contributed by atoms with Gasteiger partial charge < -0.3 is 9.47 Å². The third-order valence-electron chi connectivity index (χ3n) is 1.94. The monoisotopic (exact) mass is 216 g/mol. The Labute approximate surface area is 88.8 Å². The Morgan fingerprint density at radius 3 is 3.14 bits per heavy atom. The third kappa shape index (κ3) is 4.67. The molecule has 1 aliphatic heterocycles. The lowest BCUT2D eigenvalue weighted by Crippen LogP contribution is -2.17. The van der Waals surface area contributed by atoms with E-state index in [-0.39, 0.29) is 5.97 Å². The maximum atomic E-state index is 10.7. The predicted molar refractivity (Wildman–Crippen MR) is 57.2 cm³/mol. The van der Waals surface area contributed by atoms with Gasteiger partial charge in [-0.15, -0.1) is 11.8 Å². The van der Waals surface area contributed by atoms with Crippen LogP contribution in [-0.4, -0.2) is 30.4 Å². The zero-order valence-electron chi connectivity index (χ0n) is 8.24. The van der Waals surface area contributed by atoms with Crippen LogP contribution < -0.4 is 0 Å². The van der Waals surface area contributed by atoms with E-state index in [2.05, 4.69) is 6.58 Å². The minimum Gasteiger partial charge on any atom is -0.462 e. The zero-order chi connectivity index (χ0) is 10.2. The van der Waals surface area contributed by atoms with Crippen molar-refractivity contribution >= 4 is 17.7 Å². The highest BCUT2D eigenvalue weighted by Crippen LogP contribution is 2.22. The summed E-state index contributed by atoms with van der Waals surface area (Å²) in [5, 5.41) is 0. The summed E-state index contributed by atoms with van der Waals surface area (Å²) in [5.41, 5.74) is 0.297. The van der Waals surface area contributed by atoms with E-state index < -0.39 is 0 Å². The van der Waals surface area contributed by atoms with E-state index in [9.17, 15) is 4.79 Å². The Bertz CT molecular complexity index is 188. The molecule has 0 aliphatic carbocycles. The van der Waals surface area contributed by atoms with Gasteiger partial charge in [0.25, 0.3) is 0 Å². The molecule has 4 heteroatoms. The molecular formula is C10H16O3S. The SMILES string of the molecule is C=CC(=O)OCCSC1CCCCO1. The maximum absolute atomic E-state index is 10.7. The van der Waals surface area contributed by atoms with Gasteiger partial charge in [-0.3, -0.25) is 0 Å². The van der Waals surface area contributed by atoms with Gasteiger partial charge in [-0.25, -0.2) is 4.79 Å². The molecule has 0 bridgehead atoms. The minimum absolute atomic E-state index is 0.297. The van der Waals surface area contributed by atoms with Crippen molar-refractivity contribution in [1.29, 1.82) is 0 Å². The third-order valence-corrected chi connectivity index (χ3v) is 3.08. The average molecular weight is 216 g/mol. The largest absolute Gasteiger partial charge is 0.462 e. The van der Waals surface area contributed by atoms with Gasteiger partial charge >= 0.3 is 5.97 Å². The number of hydrogen-bond donors (Lipinski definition) is 0. The van der Waals surface area contributed by atoms with E-state index in [1.165, 1.54) is 18.9 Å². The first kappa shape index (κ1) is 11.6. The van der Waals surface area contributed by atoms with Crippen LogP contribution in [0.25, 0.3) is 0 Å². The van der Waals surface area contributed by atoms with Crippen molar-refractivity contribution in [2.45, 2.75) is 24.7 Å². The Morgan fingerprint density at radius 2 is 2.50 bits per heavy atom. The molecule has 1 unspecified atom stereocenters. The summed E-state index contributed by atoms with van der Waals surface area (Å²) >= 11 is 1.72. The van der Waals surface area contributed by atoms with Crippen LogP contribution in [0.3, 0.4) is 0 Å². The highest BCUT2D eigenvalue weighted by molar-refractivity contribution is 7.99. The Balaban J connectivity index is 1.97. The summed E-state index contributed by atoms with van der Waals surface area (Å²) in [6.45, 7) is 4.63. The summed E-state index contributed by atoms with van der Waals surface area (Å²) in [6.07, 6.45) is 4.70. The van der Waals surface area contributed by atoms with Gasteiger partial charge in [-0.05, 0) is 19.3 Å². The normalized spacial score (nSPS) is 21.6. The van der Waals surface area contributed by atoms with Crippen LogP contribution in [-0.2, 0) is 14.3 Å². The molecule has 1 fully saturated rings. The van der Waals surface area contributed by atoms with Crippen LogP contribution in [0.2, 0.25) is 0 Å². The molecule has 0 saturated carbocycles. The molecule has 1 rings (SSSR count). The molecule has 1 saturated heterocycles. The van der Waals surface area contributed by atoms with Gasteiger partial charge in [0.2, 0.25) is 0 Å². The quantitative estimate of drug-likeness (QED) is 0.400. The molecule has 0 N–H and O–H groups in total. The molecule has 0 aromatic carbocycles. The lowest BCUT2D eigenvalue weighted by Gasteiger charge is -2.21. The Hall–Kier alpha value is -0.480. The Morgan fingerprint density at radius 1 is 1.64 bits per heavy atom. The van der Waals surface area contributed by atoms with Gasteiger partial charge in [0, 0.05) is 18.4 Å². The fraction of sp³-hybridized carbons (Fsp3) is 0.700. The second kappa shape index (κ2) is 6.90. The summed E-state index contributed by atoms with van der Waals surface area (Å²) in [4.78, 5) is 10.7. The van der Waals surface area contributed by atoms with Gasteiger partial charge in [0.15, 0.2) is 0 Å². The number of hydrogen-bond acceptors (Lipinski definition) is 4. The first-order valence-electron chi connectivity index (χ1n) is 4.85. The van der Waals surface area contributed by atoms with Crippen molar-refractivity contribution in [3.8, 4) is 0 Å². The summed E-state index contributed by atoms with van der Waals surface area (Å²) in [7, 11) is 0. The second-order valence-corrected chi connectivity index (χ2v) is 4.31. The number of ether oxygens (including phenoxy) is 2. The standard InChI is InChI=1S/C10H16O3S/c1-2-9(11)12-7-8-14-10-5-3-4-6-13-10/h2,10H,1,3-8H2. The first-order valence-corrected chi connectivity index (χ1v) is 5.90. The summed E-state index contributed by atoms with van der Waals surface area (Å²) < 4.78 is 10.4. The van der Waals surface area contributed by atoms with Crippen molar-refractivity contribution in [2.24, 2.45) is 0 Å². The number of thioether (sulfide) groups is 1. The zero-order valence-corrected chi connectivity index (χ0v) is 9.05. The minimum atomic E-state index is -0.352. The van der Waals surface area contributed by atoms with Gasteiger partial charge in [-0.1, -0.05) is 6.58 Å². The molecule has 1 aliphatic rings. The fourth-order valence-electron chi connectivity index (χ4n) is 1.22. The molecule has 1 atom stereocenters. The highest BCUT2D eigenvalue weighted by Gasteiger charge is 2.13. The van der Waals surface area contributed by atoms with E-state index >= 15 is 0 Å². The van der Waals surface area contributed by atoms with Crippen LogP contribution in [0.15, 0.2) is 12.7 Å². The van der Waals surface area contributed by atoms with Crippen LogP contribution in [0.5, 0.6) is 0 Å². The molecule has 0 spiro atoms. The van der Waals surface area contributed by atoms with Gasteiger partial charge in [-0.2, -0.15) is 0 Å². The number of esters is 1. The maximum Gasteiger partial charge on any atom is 0.330 e. The smallest absolute Gasteiger partial charge is 0.330 e. The molecule has 0 radical (unpaired) electrons. The Kier molecular flexibility index (Phi) is 5.71. The van der Waals surface area contributed by atoms with E-state index in [0.29, 0.717) is 12.0 Å². The van der Waals surface area contributed by atoms with Crippen LogP contribution in [0, 0.1) is 0 Å². The topological polar surface area (TPSA) is 35.5 Å². The molecule has 3 nitrogen and oxygen atoms in total. The average Bonchev–Trinajstić information content (AvgIpc) is 2.25. The van der Waals surface area contributed by atoms with Crippen LogP contribution in [0.1, 0.15) is 19.3 Å².